The molecule has 62 heavy (non-hydrogen) atoms. The van der Waals surface area contributed by atoms with Crippen LogP contribution in [0.4, 0.5) is 0 Å². The molecule has 4 saturated carbocycles. The summed E-state index contributed by atoms with van der Waals surface area (Å²) >= 11 is 7.36. The number of halogens is 1. The lowest BCUT2D eigenvalue weighted by Gasteiger charge is -2.57. The van der Waals surface area contributed by atoms with Crippen LogP contribution in [0.2, 0.25) is 5.02 Å². The molecule has 1 spiro atoms. The summed E-state index contributed by atoms with van der Waals surface area (Å²) in [5.74, 6) is -5.50. The van der Waals surface area contributed by atoms with E-state index in [9.17, 15) is 33.6 Å². The number of amides is 2. The predicted octanol–water partition coefficient (Wildman–Crippen LogP) is 4.18. The minimum atomic E-state index is -1.62. The highest BCUT2D eigenvalue weighted by Gasteiger charge is 2.83. The SMILES string of the molecule is COC1(c2cc(Cc3ccc(C(=O)ON4C(=O)CCC4=O)cc3)cc(O[C@@H]3OCC(OC(C)=O)C[C@H](OC(C)=O)C(OC(C)=O)C3OC(C)=O)c2Cl)OOC12C1CC3CC1CC32. The smallest absolute Gasteiger partial charge is 0.363 e. The van der Waals surface area contributed by atoms with Crippen molar-refractivity contribution in [2.24, 2.45) is 23.7 Å². The van der Waals surface area contributed by atoms with Gasteiger partial charge in [-0.2, -0.15) is 4.89 Å². The first-order valence-corrected chi connectivity index (χ1v) is 20.8. The highest BCUT2D eigenvalue weighted by atomic mass is 35.5. The van der Waals surface area contributed by atoms with Crippen molar-refractivity contribution in [3.05, 3.63) is 63.7 Å². The van der Waals surface area contributed by atoms with Gasteiger partial charge in [0.15, 0.2) is 11.7 Å². The van der Waals surface area contributed by atoms with Crippen LogP contribution in [-0.4, -0.2) is 96.7 Å². The highest BCUT2D eigenvalue weighted by Crippen LogP contribution is 2.77. The summed E-state index contributed by atoms with van der Waals surface area (Å²) in [6.45, 7) is 4.24. The molecule has 0 aromatic heterocycles. The summed E-state index contributed by atoms with van der Waals surface area (Å²) < 4.78 is 41.6. The third kappa shape index (κ3) is 7.69. The normalized spacial score (nSPS) is 33.1. The van der Waals surface area contributed by atoms with Gasteiger partial charge in [0.2, 0.25) is 12.4 Å². The summed E-state index contributed by atoms with van der Waals surface area (Å²) in [5, 5.41) is 0.511. The number of nitrogens with zero attached hydrogens (tertiary/aromatic N) is 1. The van der Waals surface area contributed by atoms with Crippen LogP contribution in [0.5, 0.6) is 5.75 Å². The van der Waals surface area contributed by atoms with Crippen molar-refractivity contribution in [1.82, 2.24) is 5.06 Å². The lowest BCUT2D eigenvalue weighted by Crippen LogP contribution is -2.69. The Balaban J connectivity index is 1.18. The molecule has 2 aromatic rings. The van der Waals surface area contributed by atoms with Gasteiger partial charge in [0.1, 0.15) is 18.0 Å². The monoisotopic (exact) mass is 883 g/mol. The molecule has 7 fully saturated rings. The van der Waals surface area contributed by atoms with Crippen LogP contribution in [0.3, 0.4) is 0 Å². The Morgan fingerprint density at radius 3 is 1.92 bits per heavy atom. The van der Waals surface area contributed by atoms with Gasteiger partial charge in [0.25, 0.3) is 17.6 Å². The molecule has 0 N–H and O–H groups in total. The van der Waals surface area contributed by atoms with Gasteiger partial charge in [0, 0.05) is 71.5 Å². The number of carbonyl (C=O) groups is 7. The van der Waals surface area contributed by atoms with Crippen LogP contribution in [-0.2, 0) is 84.0 Å². The first-order chi connectivity index (χ1) is 29.5. The number of methoxy groups -OCH3 is 1. The van der Waals surface area contributed by atoms with Gasteiger partial charge in [-0.1, -0.05) is 23.7 Å². The van der Waals surface area contributed by atoms with Crippen molar-refractivity contribution < 1.29 is 81.3 Å². The molecule has 19 heteroatoms. The maximum absolute atomic E-state index is 12.9. The molecule has 10 atom stereocenters. The van der Waals surface area contributed by atoms with E-state index in [0.29, 0.717) is 33.6 Å². The maximum Gasteiger partial charge on any atom is 0.363 e. The molecular formula is C43H46ClNO17. The number of hydroxylamine groups is 2. The Morgan fingerprint density at radius 2 is 1.37 bits per heavy atom. The first-order valence-electron chi connectivity index (χ1n) is 20.4. The van der Waals surface area contributed by atoms with E-state index in [4.69, 9.17) is 59.4 Å². The Kier molecular flexibility index (Phi) is 11.8. The van der Waals surface area contributed by atoms with E-state index in [2.05, 4.69) is 0 Å². The van der Waals surface area contributed by atoms with Crippen LogP contribution < -0.4 is 4.74 Å². The van der Waals surface area contributed by atoms with E-state index in [1.54, 1.807) is 18.2 Å². The van der Waals surface area contributed by atoms with Gasteiger partial charge < -0.3 is 38.0 Å². The molecule has 18 nitrogen and oxygen atoms in total. The summed E-state index contributed by atoms with van der Waals surface area (Å²) in [5.41, 5.74) is 0.924. The molecule has 3 aliphatic heterocycles. The average molecular weight is 884 g/mol. The second-order valence-corrected chi connectivity index (χ2v) is 17.0. The van der Waals surface area contributed by atoms with Crippen molar-refractivity contribution >= 4 is 53.3 Å². The van der Waals surface area contributed by atoms with Crippen LogP contribution in [0.15, 0.2) is 36.4 Å². The second-order valence-electron chi connectivity index (χ2n) is 16.6. The Labute approximate surface area is 360 Å². The van der Waals surface area contributed by atoms with Gasteiger partial charge in [-0.3, -0.25) is 28.8 Å². The number of imide groups is 1. The van der Waals surface area contributed by atoms with Crippen molar-refractivity contribution in [2.45, 2.75) is 115 Å². The van der Waals surface area contributed by atoms with E-state index < -0.39 is 83.8 Å². The predicted molar refractivity (Wildman–Crippen MR) is 206 cm³/mol. The van der Waals surface area contributed by atoms with E-state index in [-0.39, 0.29) is 60.5 Å². The Morgan fingerprint density at radius 1 is 0.758 bits per heavy atom. The number of benzene rings is 2. The zero-order valence-corrected chi connectivity index (χ0v) is 35.3. The Bertz CT molecular complexity index is 2140. The van der Waals surface area contributed by atoms with Gasteiger partial charge in [-0.05, 0) is 72.9 Å². The minimum absolute atomic E-state index is 0.00531. The molecule has 3 heterocycles. The number of rotatable bonds is 12. The topological polar surface area (TPSA) is 215 Å². The summed E-state index contributed by atoms with van der Waals surface area (Å²) in [7, 11) is 1.51. The molecule has 332 valence electrons. The molecule has 4 bridgehead atoms. The lowest BCUT2D eigenvalue weighted by atomic mass is 9.73. The zero-order valence-electron chi connectivity index (χ0n) is 34.6. The minimum Gasteiger partial charge on any atom is -0.460 e. The Hall–Kier alpha value is -5.14. The molecular weight excluding hydrogens is 838 g/mol. The number of esters is 4. The van der Waals surface area contributed by atoms with Crippen molar-refractivity contribution in [3.8, 4) is 5.75 Å². The van der Waals surface area contributed by atoms with Gasteiger partial charge in [0.05, 0.1) is 17.2 Å². The van der Waals surface area contributed by atoms with Gasteiger partial charge >= 0.3 is 29.8 Å². The van der Waals surface area contributed by atoms with E-state index in [0.717, 1.165) is 40.0 Å². The fourth-order valence-corrected chi connectivity index (χ4v) is 10.8. The molecule has 9 rings (SSSR count). The van der Waals surface area contributed by atoms with Crippen LogP contribution in [0.25, 0.3) is 0 Å². The second kappa shape index (κ2) is 16.9. The molecule has 2 amide bonds. The maximum atomic E-state index is 12.9. The molecule has 8 unspecified atom stereocenters. The lowest BCUT2D eigenvalue weighted by molar-refractivity contribution is -0.630. The fraction of sp³-hybridized carbons (Fsp3) is 0.558. The molecule has 2 aromatic carbocycles. The molecule has 7 aliphatic rings. The van der Waals surface area contributed by atoms with Crippen molar-refractivity contribution in [2.75, 3.05) is 13.7 Å². The first kappa shape index (κ1) is 43.5. The van der Waals surface area contributed by atoms with Gasteiger partial charge in [-0.15, -0.1) is 5.06 Å². The molecule has 3 saturated heterocycles. The number of carbonyl (C=O) groups excluding carboxylic acids is 7. The third-order valence-corrected chi connectivity index (χ3v) is 13.1. The molecule has 4 aliphatic carbocycles. The van der Waals surface area contributed by atoms with E-state index >= 15 is 0 Å². The summed E-state index contributed by atoms with van der Waals surface area (Å²) in [4.78, 5) is 104. The largest absolute Gasteiger partial charge is 0.460 e. The number of hydrogen-bond acceptors (Lipinski definition) is 17. The van der Waals surface area contributed by atoms with Crippen molar-refractivity contribution in [3.63, 3.8) is 0 Å². The zero-order chi connectivity index (χ0) is 44.2. The fourth-order valence-electron chi connectivity index (χ4n) is 10.5. The number of hydrogen-bond donors (Lipinski definition) is 0. The molecule has 0 radical (unpaired) electrons. The average Bonchev–Trinajstić information content (AvgIpc) is 4.02. The highest BCUT2D eigenvalue weighted by molar-refractivity contribution is 6.33. The van der Waals surface area contributed by atoms with Crippen molar-refractivity contribution in [1.29, 1.82) is 0 Å². The summed E-state index contributed by atoms with van der Waals surface area (Å²) in [6, 6.07) is 9.76. The standard InChI is InChI=1S/C43H46ClNO17/c1-20(46)55-29-18-34(56-21(2)47)38(57-22(3)48)39(58-23(4)49)41(54-19-29)59-33-14-25(12-24-6-8-26(9-7-24)40(52)60-45-35(50)10-11-36(45)51)13-32(37(33)44)43(53-5)42(61-62-43)30-16-27-15-28(30)17-31(27)42/h6-9,13-14,27-31,34,38-39,41H,10-12,15-19H2,1-5H3/t27?,28?,29?,30?,31?,34-,38?,39?,41-,42?,43?/m0/s1. The van der Waals surface area contributed by atoms with Gasteiger partial charge in [-0.25, -0.2) is 9.68 Å². The van der Waals surface area contributed by atoms with E-state index in [1.165, 1.54) is 26.2 Å². The third-order valence-electron chi connectivity index (χ3n) is 12.7. The van der Waals surface area contributed by atoms with Crippen LogP contribution in [0, 0.1) is 23.7 Å². The quantitative estimate of drug-likeness (QED) is 0.126. The van der Waals surface area contributed by atoms with E-state index in [1.807, 2.05) is 6.07 Å². The van der Waals surface area contributed by atoms with Crippen LogP contribution >= 0.6 is 11.6 Å². The van der Waals surface area contributed by atoms with Crippen LogP contribution in [0.1, 0.15) is 93.3 Å². The summed E-state index contributed by atoms with van der Waals surface area (Å²) in [6.07, 6.45) is -4.11. The number of ether oxygens (including phenoxy) is 7.